The summed E-state index contributed by atoms with van der Waals surface area (Å²) >= 11 is 0. The van der Waals surface area contributed by atoms with Gasteiger partial charge in [-0.05, 0) is 47.9 Å². The number of nitrogens with one attached hydrogen (secondary N) is 1. The van der Waals surface area contributed by atoms with Crippen LogP contribution in [-0.2, 0) is 22.6 Å². The van der Waals surface area contributed by atoms with E-state index in [4.69, 9.17) is 4.74 Å². The van der Waals surface area contributed by atoms with Gasteiger partial charge < -0.3 is 19.9 Å². The molecule has 0 spiro atoms. The lowest BCUT2D eigenvalue weighted by molar-refractivity contribution is -0.142. The lowest BCUT2D eigenvalue weighted by Gasteiger charge is -2.33. The van der Waals surface area contributed by atoms with Crippen LogP contribution in [0, 0.1) is 0 Å². The summed E-state index contributed by atoms with van der Waals surface area (Å²) in [4.78, 5) is 47.0. The summed E-state index contributed by atoms with van der Waals surface area (Å²) < 4.78 is 6.06. The number of amides is 4. The highest BCUT2D eigenvalue weighted by atomic mass is 16.5. The van der Waals surface area contributed by atoms with Crippen LogP contribution in [0.4, 0.5) is 4.79 Å². The van der Waals surface area contributed by atoms with E-state index in [1.807, 2.05) is 122 Å². The maximum absolute atomic E-state index is 14.5. The molecule has 45 heavy (non-hydrogen) atoms. The molecular formula is C37H36N4O4. The smallest absolute Gasteiger partial charge is 0.322 e. The van der Waals surface area contributed by atoms with Gasteiger partial charge in [0.2, 0.25) is 5.91 Å². The molecule has 4 aromatic carbocycles. The fourth-order valence-corrected chi connectivity index (χ4v) is 6.09. The van der Waals surface area contributed by atoms with E-state index in [-0.39, 0.29) is 24.4 Å². The fourth-order valence-electron chi connectivity index (χ4n) is 6.09. The monoisotopic (exact) mass is 600 g/mol. The highest BCUT2D eigenvalue weighted by Gasteiger charge is 2.47. The predicted octanol–water partition coefficient (Wildman–Crippen LogP) is 5.93. The first-order valence-corrected chi connectivity index (χ1v) is 15.2. The number of likely N-dealkylation sites (N-methyl/N-ethyl adjacent to an activating group) is 2. The van der Waals surface area contributed by atoms with E-state index >= 15 is 0 Å². The zero-order valence-electron chi connectivity index (χ0n) is 25.4. The third-order valence-electron chi connectivity index (χ3n) is 8.31. The van der Waals surface area contributed by atoms with Crippen LogP contribution in [0.15, 0.2) is 127 Å². The Labute approximate surface area is 263 Å². The number of ether oxygens (including phenoxy) is 1. The average molecular weight is 601 g/mol. The summed E-state index contributed by atoms with van der Waals surface area (Å²) in [5.41, 5.74) is 3.78. The second kappa shape index (κ2) is 13.1. The number of urea groups is 1. The summed E-state index contributed by atoms with van der Waals surface area (Å²) in [6, 6.07) is 34.7. The van der Waals surface area contributed by atoms with E-state index in [1.165, 1.54) is 0 Å². The van der Waals surface area contributed by atoms with Gasteiger partial charge in [0.1, 0.15) is 17.5 Å². The van der Waals surface area contributed by atoms with E-state index in [1.54, 1.807) is 21.7 Å². The van der Waals surface area contributed by atoms with Crippen molar-refractivity contribution < 1.29 is 19.1 Å². The van der Waals surface area contributed by atoms with E-state index in [0.717, 1.165) is 16.7 Å². The molecule has 228 valence electrons. The van der Waals surface area contributed by atoms with Crippen molar-refractivity contribution in [3.63, 3.8) is 0 Å². The first kappa shape index (κ1) is 29.7. The second-order valence-corrected chi connectivity index (χ2v) is 11.3. The van der Waals surface area contributed by atoms with Crippen molar-refractivity contribution in [3.8, 4) is 11.5 Å². The Balaban J connectivity index is 1.33. The minimum Gasteiger partial charge on any atom is -0.457 e. The topological polar surface area (TPSA) is 82.2 Å². The second-order valence-electron chi connectivity index (χ2n) is 11.3. The van der Waals surface area contributed by atoms with Crippen molar-refractivity contribution in [3.05, 3.63) is 143 Å². The molecule has 0 saturated heterocycles. The Morgan fingerprint density at radius 2 is 1.49 bits per heavy atom. The average Bonchev–Trinajstić information content (AvgIpc) is 3.40. The van der Waals surface area contributed by atoms with Gasteiger partial charge in [-0.25, -0.2) is 4.79 Å². The molecule has 2 aliphatic heterocycles. The van der Waals surface area contributed by atoms with E-state index in [9.17, 15) is 14.4 Å². The molecule has 2 aliphatic rings. The third-order valence-corrected chi connectivity index (χ3v) is 8.31. The maximum atomic E-state index is 14.5. The first-order valence-electron chi connectivity index (χ1n) is 15.2. The molecule has 1 N–H and O–H groups in total. The molecule has 0 aromatic heterocycles. The molecule has 0 fully saturated rings. The molecule has 8 heteroatoms. The zero-order chi connectivity index (χ0) is 31.3. The van der Waals surface area contributed by atoms with Gasteiger partial charge in [0.15, 0.2) is 0 Å². The van der Waals surface area contributed by atoms with Crippen molar-refractivity contribution in [1.29, 1.82) is 0 Å². The molecule has 0 aliphatic carbocycles. The third kappa shape index (κ3) is 6.31. The van der Waals surface area contributed by atoms with Gasteiger partial charge in [0, 0.05) is 26.6 Å². The van der Waals surface area contributed by atoms with Crippen molar-refractivity contribution in [2.24, 2.45) is 0 Å². The first-order chi connectivity index (χ1) is 21.9. The van der Waals surface area contributed by atoms with Crippen LogP contribution in [-0.4, -0.2) is 58.7 Å². The number of rotatable bonds is 10. The van der Waals surface area contributed by atoms with Crippen LogP contribution in [0.5, 0.6) is 11.5 Å². The summed E-state index contributed by atoms with van der Waals surface area (Å²) in [5, 5.41) is 3.05. The molecule has 2 unspecified atom stereocenters. The van der Waals surface area contributed by atoms with Crippen LogP contribution >= 0.6 is 0 Å². The van der Waals surface area contributed by atoms with Crippen LogP contribution in [0.3, 0.4) is 0 Å². The molecular weight excluding hydrogens is 564 g/mol. The Hall–Kier alpha value is -5.37. The van der Waals surface area contributed by atoms with Crippen LogP contribution in [0.25, 0.3) is 0 Å². The van der Waals surface area contributed by atoms with E-state index in [0.29, 0.717) is 42.3 Å². The van der Waals surface area contributed by atoms with Gasteiger partial charge in [-0.15, -0.1) is 0 Å². The Kier molecular flexibility index (Phi) is 8.64. The summed E-state index contributed by atoms with van der Waals surface area (Å²) in [7, 11) is 1.77. The van der Waals surface area contributed by atoms with Gasteiger partial charge >= 0.3 is 6.03 Å². The highest BCUT2D eigenvalue weighted by molar-refractivity contribution is 6.03. The lowest BCUT2D eigenvalue weighted by Crippen LogP contribution is -2.50. The highest BCUT2D eigenvalue weighted by Crippen LogP contribution is 2.38. The van der Waals surface area contributed by atoms with Crippen LogP contribution < -0.4 is 10.1 Å². The summed E-state index contributed by atoms with van der Waals surface area (Å²) in [6.45, 7) is 2.85. The number of para-hydroxylation sites is 1. The quantitative estimate of drug-likeness (QED) is 0.245. The van der Waals surface area contributed by atoms with E-state index in [2.05, 4.69) is 5.32 Å². The summed E-state index contributed by atoms with van der Waals surface area (Å²) in [6.07, 6.45) is 0.351. The van der Waals surface area contributed by atoms with Gasteiger partial charge in [0.25, 0.3) is 5.91 Å². The van der Waals surface area contributed by atoms with Gasteiger partial charge in [-0.3, -0.25) is 14.5 Å². The van der Waals surface area contributed by atoms with Crippen LogP contribution in [0.2, 0.25) is 0 Å². The van der Waals surface area contributed by atoms with E-state index < -0.39 is 12.1 Å². The lowest BCUT2D eigenvalue weighted by atomic mass is 9.95. The minimum atomic E-state index is -0.763. The van der Waals surface area contributed by atoms with Gasteiger partial charge in [-0.2, -0.15) is 0 Å². The number of carbonyl (C=O) groups excluding carboxylic acids is 3. The number of benzene rings is 4. The SMILES string of the molecule is CCN1C(=O)NC(c2cccc(Oc3ccccc3)c2)C2=C1CN(C(Cc1ccccc1)C(=O)N(C)Cc1ccccc1)C2=O. The van der Waals surface area contributed by atoms with Crippen molar-refractivity contribution >= 4 is 17.8 Å². The number of hydrogen-bond donors (Lipinski definition) is 1. The number of nitrogens with zero attached hydrogens (tertiary/aromatic N) is 3. The van der Waals surface area contributed by atoms with Crippen molar-refractivity contribution in [2.75, 3.05) is 20.1 Å². The Morgan fingerprint density at radius 3 is 2.16 bits per heavy atom. The molecule has 2 atom stereocenters. The van der Waals surface area contributed by atoms with Crippen LogP contribution in [0.1, 0.15) is 29.7 Å². The number of carbonyl (C=O) groups is 3. The summed E-state index contributed by atoms with van der Waals surface area (Å²) in [5.74, 6) is 0.859. The molecule has 8 nitrogen and oxygen atoms in total. The largest absolute Gasteiger partial charge is 0.457 e. The standard InChI is InChI=1S/C37H36N4O4/c1-3-40-32-25-41(31(22-26-14-7-4-8-15-26)35(42)39(2)24-27-16-9-5-10-17-27)36(43)33(32)34(38-37(40)44)28-18-13-21-30(23-28)45-29-19-11-6-12-20-29/h4-21,23,31,34H,3,22,24-25H2,1-2H3,(H,38,44). The van der Waals surface area contributed by atoms with Crippen molar-refractivity contribution in [1.82, 2.24) is 20.0 Å². The predicted molar refractivity (Wildman–Crippen MR) is 172 cm³/mol. The maximum Gasteiger partial charge on any atom is 0.322 e. The molecule has 4 amide bonds. The van der Waals surface area contributed by atoms with Gasteiger partial charge in [0.05, 0.1) is 23.9 Å². The Morgan fingerprint density at radius 1 is 0.867 bits per heavy atom. The zero-order valence-corrected chi connectivity index (χ0v) is 25.4. The minimum absolute atomic E-state index is 0.159. The molecule has 4 aromatic rings. The van der Waals surface area contributed by atoms with Crippen molar-refractivity contribution in [2.45, 2.75) is 32.0 Å². The molecule has 0 radical (unpaired) electrons. The molecule has 6 rings (SSSR count). The number of hydrogen-bond acceptors (Lipinski definition) is 4. The van der Waals surface area contributed by atoms with Gasteiger partial charge in [-0.1, -0.05) is 91.0 Å². The normalized spacial score (nSPS) is 16.7. The molecule has 0 bridgehead atoms. The molecule has 2 heterocycles. The molecule has 0 saturated carbocycles. The fraction of sp³-hybridized carbons (Fsp3) is 0.216. The Bertz CT molecular complexity index is 1710.